The standard InChI is InChI=1S/4C3H6O2.C2H5/c4*1-3(4)5-2;1-2/h4*1-2H3;1H2,2H3. The minimum atomic E-state index is -0.245. The number of esters is 4. The Balaban J connectivity index is -0.0000000562. The van der Waals surface area contributed by atoms with E-state index in [1.165, 1.54) is 56.1 Å². The highest BCUT2D eigenvalue weighted by Crippen LogP contribution is 1.61. The third kappa shape index (κ3) is 147. The molecule has 1 radical (unpaired) electrons. The summed E-state index contributed by atoms with van der Waals surface area (Å²) >= 11 is 0. The second kappa shape index (κ2) is 31.3. The monoisotopic (exact) mass is 325 g/mol. The zero-order chi connectivity index (χ0) is 19.1. The van der Waals surface area contributed by atoms with Crippen LogP contribution < -0.4 is 0 Å². The van der Waals surface area contributed by atoms with E-state index in [9.17, 15) is 19.2 Å². The van der Waals surface area contributed by atoms with Gasteiger partial charge in [0.1, 0.15) is 0 Å². The first-order chi connectivity index (χ1) is 10.1. The van der Waals surface area contributed by atoms with E-state index in [0.29, 0.717) is 0 Å². The Morgan fingerprint density at radius 3 is 0.545 bits per heavy atom. The van der Waals surface area contributed by atoms with E-state index in [0.717, 1.165) is 0 Å². The van der Waals surface area contributed by atoms with Crippen LogP contribution in [0.2, 0.25) is 0 Å². The molecule has 133 valence electrons. The average molecular weight is 325 g/mol. The molecular weight excluding hydrogens is 296 g/mol. The number of rotatable bonds is 0. The molecule has 0 aliphatic heterocycles. The lowest BCUT2D eigenvalue weighted by molar-refractivity contribution is -0.138. The van der Waals surface area contributed by atoms with Gasteiger partial charge in [0.15, 0.2) is 0 Å². The lowest BCUT2D eigenvalue weighted by atomic mass is 10.8. The van der Waals surface area contributed by atoms with Gasteiger partial charge in [-0.1, -0.05) is 13.8 Å². The van der Waals surface area contributed by atoms with Gasteiger partial charge >= 0.3 is 23.9 Å². The van der Waals surface area contributed by atoms with Crippen molar-refractivity contribution in [2.75, 3.05) is 28.4 Å². The van der Waals surface area contributed by atoms with E-state index in [2.05, 4.69) is 25.9 Å². The summed E-state index contributed by atoms with van der Waals surface area (Å²) in [6.45, 7) is 10.4. The summed E-state index contributed by atoms with van der Waals surface area (Å²) < 4.78 is 16.4. The summed E-state index contributed by atoms with van der Waals surface area (Å²) in [4.78, 5) is 38.4. The van der Waals surface area contributed by atoms with E-state index < -0.39 is 0 Å². The number of carbonyl (C=O) groups is 4. The summed E-state index contributed by atoms with van der Waals surface area (Å²) in [6, 6.07) is 0. The molecule has 0 atom stereocenters. The van der Waals surface area contributed by atoms with E-state index in [4.69, 9.17) is 0 Å². The van der Waals surface area contributed by atoms with Gasteiger partial charge in [-0.2, -0.15) is 0 Å². The number of hydrogen-bond donors (Lipinski definition) is 0. The van der Waals surface area contributed by atoms with Crippen molar-refractivity contribution >= 4 is 23.9 Å². The molecule has 8 nitrogen and oxygen atoms in total. The third-order valence-electron chi connectivity index (χ3n) is 1.15. The van der Waals surface area contributed by atoms with Gasteiger partial charge in [0, 0.05) is 27.7 Å². The highest BCUT2D eigenvalue weighted by Gasteiger charge is 1.77. The smallest absolute Gasteiger partial charge is 0.302 e. The number of ether oxygens (including phenoxy) is 4. The van der Waals surface area contributed by atoms with Crippen LogP contribution in [-0.4, -0.2) is 52.3 Å². The maximum Gasteiger partial charge on any atom is 0.302 e. The van der Waals surface area contributed by atoms with Crippen molar-refractivity contribution < 1.29 is 38.1 Å². The van der Waals surface area contributed by atoms with Crippen LogP contribution in [0.1, 0.15) is 34.6 Å². The van der Waals surface area contributed by atoms with Crippen LogP contribution in [0.5, 0.6) is 0 Å². The SMILES string of the molecule is COC(C)=O.COC(C)=O.COC(C)=O.COC(C)=O.[CH2]C. The Kier molecular flexibility index (Phi) is 45.6. The molecule has 0 fully saturated rings. The zero-order valence-electron chi connectivity index (χ0n) is 15.0. The lowest BCUT2D eigenvalue weighted by Gasteiger charge is -1.80. The van der Waals surface area contributed by atoms with E-state index in [-0.39, 0.29) is 23.9 Å². The maximum absolute atomic E-state index is 9.59. The van der Waals surface area contributed by atoms with Crippen molar-refractivity contribution in [1.29, 1.82) is 0 Å². The van der Waals surface area contributed by atoms with Crippen molar-refractivity contribution in [1.82, 2.24) is 0 Å². The second-order valence-electron chi connectivity index (χ2n) is 2.78. The van der Waals surface area contributed by atoms with Crippen LogP contribution in [0.3, 0.4) is 0 Å². The highest BCUT2D eigenvalue weighted by atomic mass is 16.5. The Labute approximate surface area is 133 Å². The fraction of sp³-hybridized carbons (Fsp3) is 0.643. The first-order valence-corrected chi connectivity index (χ1v) is 5.97. The third-order valence-corrected chi connectivity index (χ3v) is 1.15. The van der Waals surface area contributed by atoms with Crippen LogP contribution in [-0.2, 0) is 38.1 Å². The van der Waals surface area contributed by atoms with Crippen molar-refractivity contribution in [3.05, 3.63) is 6.92 Å². The zero-order valence-corrected chi connectivity index (χ0v) is 15.0. The molecule has 0 aromatic carbocycles. The Bertz CT molecular complexity index is 218. The van der Waals surface area contributed by atoms with Crippen molar-refractivity contribution in [3.63, 3.8) is 0 Å². The lowest BCUT2D eigenvalue weighted by Crippen LogP contribution is -1.88. The fourth-order valence-corrected chi connectivity index (χ4v) is 0. The quantitative estimate of drug-likeness (QED) is 0.488. The van der Waals surface area contributed by atoms with Gasteiger partial charge < -0.3 is 18.9 Å². The van der Waals surface area contributed by atoms with Crippen molar-refractivity contribution in [3.8, 4) is 0 Å². The largest absolute Gasteiger partial charge is 0.469 e. The van der Waals surface area contributed by atoms with Crippen LogP contribution >= 0.6 is 0 Å². The first-order valence-electron chi connectivity index (χ1n) is 5.97. The Morgan fingerprint density at radius 2 is 0.545 bits per heavy atom. The van der Waals surface area contributed by atoms with Crippen molar-refractivity contribution in [2.45, 2.75) is 34.6 Å². The molecule has 0 aromatic heterocycles. The van der Waals surface area contributed by atoms with Gasteiger partial charge in [0.2, 0.25) is 0 Å². The molecule has 0 aliphatic rings. The molecule has 0 heterocycles. The van der Waals surface area contributed by atoms with Gasteiger partial charge in [0.05, 0.1) is 28.4 Å². The molecule has 0 spiro atoms. The number of carbonyl (C=O) groups excluding carboxylic acids is 4. The van der Waals surface area contributed by atoms with Crippen LogP contribution in [0.4, 0.5) is 0 Å². The molecule has 0 saturated heterocycles. The molecule has 0 aliphatic carbocycles. The topological polar surface area (TPSA) is 105 Å². The summed E-state index contributed by atoms with van der Waals surface area (Å²) in [5.41, 5.74) is 0. The van der Waals surface area contributed by atoms with Crippen molar-refractivity contribution in [2.24, 2.45) is 0 Å². The van der Waals surface area contributed by atoms with E-state index >= 15 is 0 Å². The first kappa shape index (κ1) is 32.0. The molecule has 0 N–H and O–H groups in total. The van der Waals surface area contributed by atoms with Gasteiger partial charge in [-0.05, 0) is 0 Å². The van der Waals surface area contributed by atoms with Crippen LogP contribution in [0.15, 0.2) is 0 Å². The molecule has 0 bridgehead atoms. The molecule has 8 heteroatoms. The average Bonchev–Trinajstić information content (AvgIpc) is 2.50. The van der Waals surface area contributed by atoms with E-state index in [1.807, 2.05) is 0 Å². The minimum Gasteiger partial charge on any atom is -0.469 e. The molecule has 22 heavy (non-hydrogen) atoms. The molecule has 0 unspecified atom stereocenters. The van der Waals surface area contributed by atoms with Crippen LogP contribution in [0.25, 0.3) is 0 Å². The minimum absolute atomic E-state index is 0.245. The molecule has 0 rings (SSSR count). The molecular formula is C14H29O8. The highest BCUT2D eigenvalue weighted by molar-refractivity contribution is 5.66. The van der Waals surface area contributed by atoms with Gasteiger partial charge in [-0.25, -0.2) is 0 Å². The fourth-order valence-electron chi connectivity index (χ4n) is 0. The predicted octanol–water partition coefficient (Wildman–Crippen LogP) is 1.56. The normalized spacial score (nSPS) is 6.45. The Morgan fingerprint density at radius 1 is 0.500 bits per heavy atom. The summed E-state index contributed by atoms with van der Waals surface area (Å²) in [5, 5.41) is 0. The number of hydrogen-bond acceptors (Lipinski definition) is 8. The molecule has 0 amide bonds. The van der Waals surface area contributed by atoms with E-state index in [1.54, 1.807) is 6.92 Å². The number of methoxy groups -OCH3 is 4. The summed E-state index contributed by atoms with van der Waals surface area (Å²) in [5.74, 6) is -0.981. The molecule has 0 saturated carbocycles. The maximum atomic E-state index is 9.59. The predicted molar refractivity (Wildman–Crippen MR) is 81.8 cm³/mol. The Hall–Kier alpha value is -2.12. The summed E-state index contributed by atoms with van der Waals surface area (Å²) in [7, 11) is 5.40. The van der Waals surface area contributed by atoms with Gasteiger partial charge in [-0.15, -0.1) is 0 Å². The molecule has 0 aromatic rings. The second-order valence-corrected chi connectivity index (χ2v) is 2.78. The van der Waals surface area contributed by atoms with Gasteiger partial charge in [0.25, 0.3) is 0 Å². The van der Waals surface area contributed by atoms with Gasteiger partial charge in [-0.3, -0.25) is 19.2 Å². The summed E-state index contributed by atoms with van der Waals surface area (Å²) in [6.07, 6.45) is 0. The van der Waals surface area contributed by atoms with Crippen LogP contribution in [0, 0.1) is 6.92 Å².